The quantitative estimate of drug-likeness (QED) is 0.366. The highest BCUT2D eigenvalue weighted by Crippen LogP contribution is 2.38. The third kappa shape index (κ3) is 4.78. The van der Waals surface area contributed by atoms with Gasteiger partial charge in [0.1, 0.15) is 13.2 Å². The van der Waals surface area contributed by atoms with Crippen molar-refractivity contribution in [3.8, 4) is 11.5 Å². The number of hydrogen-bond acceptors (Lipinski definition) is 4. The average Bonchev–Trinajstić information content (AvgIpc) is 2.72. The van der Waals surface area contributed by atoms with E-state index in [1.165, 1.54) is 0 Å². The lowest BCUT2D eigenvalue weighted by atomic mass is 10.1. The Balaban J connectivity index is 1.86. The minimum atomic E-state index is -0.501. The molecule has 3 N–H and O–H groups in total. The van der Waals surface area contributed by atoms with E-state index in [1.54, 1.807) is 12.1 Å². The molecule has 0 aliphatic carbocycles. The normalized spacial score (nSPS) is 10.3. The van der Waals surface area contributed by atoms with E-state index in [-0.39, 0.29) is 17.2 Å². The van der Waals surface area contributed by atoms with Gasteiger partial charge in [-0.1, -0.05) is 72.3 Å². The van der Waals surface area contributed by atoms with E-state index in [2.05, 4.69) is 5.43 Å². The summed E-state index contributed by atoms with van der Waals surface area (Å²) in [6.07, 6.45) is 0. The number of amides is 1. The predicted octanol–water partition coefficient (Wildman–Crippen LogP) is 4.10. The molecule has 0 unspecified atom stereocenters. The number of nitrogens with one attached hydrogen (secondary N) is 1. The number of ether oxygens (including phenoxy) is 2. The number of hydrazine groups is 1. The van der Waals surface area contributed by atoms with Crippen LogP contribution in [0.1, 0.15) is 21.5 Å². The Morgan fingerprint density at radius 2 is 1.41 bits per heavy atom. The molecule has 0 saturated carbocycles. The molecule has 6 heteroatoms. The fraction of sp³-hybridized carbons (Fsp3) is 0.0952. The van der Waals surface area contributed by atoms with Gasteiger partial charge in [0.15, 0.2) is 11.5 Å². The van der Waals surface area contributed by atoms with Gasteiger partial charge in [-0.25, -0.2) is 5.84 Å². The first-order valence-electron chi connectivity index (χ1n) is 8.36. The van der Waals surface area contributed by atoms with E-state index >= 15 is 0 Å². The van der Waals surface area contributed by atoms with Gasteiger partial charge in [0, 0.05) is 0 Å². The largest absolute Gasteiger partial charge is 0.485 e. The van der Waals surface area contributed by atoms with Crippen molar-refractivity contribution >= 4 is 17.5 Å². The molecular formula is C21H19ClN2O3. The van der Waals surface area contributed by atoms with Crippen molar-refractivity contribution in [3.05, 3.63) is 94.5 Å². The minimum absolute atomic E-state index is 0.152. The molecule has 138 valence electrons. The Bertz CT molecular complexity index is 902. The Labute approximate surface area is 162 Å². The minimum Gasteiger partial charge on any atom is -0.485 e. The molecule has 0 saturated heterocycles. The second kappa shape index (κ2) is 9.07. The van der Waals surface area contributed by atoms with E-state index in [0.717, 1.165) is 11.1 Å². The van der Waals surface area contributed by atoms with Crippen LogP contribution in [0.5, 0.6) is 11.5 Å². The van der Waals surface area contributed by atoms with Gasteiger partial charge in [-0.2, -0.15) is 0 Å². The second-order valence-electron chi connectivity index (χ2n) is 5.78. The number of benzene rings is 3. The molecule has 0 spiro atoms. The van der Waals surface area contributed by atoms with Gasteiger partial charge in [-0.15, -0.1) is 0 Å². The number of nitrogen functional groups attached to an aromatic ring is 1. The molecule has 0 aliphatic heterocycles. The van der Waals surface area contributed by atoms with Crippen LogP contribution in [0.2, 0.25) is 5.02 Å². The first kappa shape index (κ1) is 18.8. The van der Waals surface area contributed by atoms with Crippen LogP contribution in [-0.2, 0) is 13.2 Å². The number of rotatable bonds is 7. The lowest BCUT2D eigenvalue weighted by Crippen LogP contribution is -2.30. The highest BCUT2D eigenvalue weighted by molar-refractivity contribution is 6.35. The van der Waals surface area contributed by atoms with E-state index in [9.17, 15) is 4.79 Å². The summed E-state index contributed by atoms with van der Waals surface area (Å²) in [6.45, 7) is 0.636. The molecule has 3 rings (SSSR count). The molecule has 0 atom stereocenters. The standard InChI is InChI=1S/C21H19ClN2O3/c22-19-17(21(25)24-23)11-12-18(26-13-15-7-3-1-4-8-15)20(19)27-14-16-9-5-2-6-10-16/h1-12H,13-14,23H2,(H,24,25). The van der Waals surface area contributed by atoms with Gasteiger partial charge in [0.25, 0.3) is 5.91 Å². The van der Waals surface area contributed by atoms with Crippen LogP contribution < -0.4 is 20.7 Å². The molecule has 0 fully saturated rings. The highest BCUT2D eigenvalue weighted by atomic mass is 35.5. The monoisotopic (exact) mass is 382 g/mol. The molecule has 0 bridgehead atoms. The first-order valence-corrected chi connectivity index (χ1v) is 8.73. The van der Waals surface area contributed by atoms with E-state index in [0.29, 0.717) is 18.1 Å². The van der Waals surface area contributed by atoms with E-state index in [1.807, 2.05) is 60.7 Å². The topological polar surface area (TPSA) is 73.6 Å². The van der Waals surface area contributed by atoms with Gasteiger partial charge in [0.05, 0.1) is 10.6 Å². The van der Waals surface area contributed by atoms with Crippen molar-refractivity contribution in [2.75, 3.05) is 0 Å². The van der Waals surface area contributed by atoms with E-state index < -0.39 is 5.91 Å². The molecule has 3 aromatic carbocycles. The Morgan fingerprint density at radius 3 is 1.96 bits per heavy atom. The molecule has 1 amide bonds. The lowest BCUT2D eigenvalue weighted by Gasteiger charge is -2.16. The van der Waals surface area contributed by atoms with Crippen LogP contribution in [-0.4, -0.2) is 5.91 Å². The fourth-order valence-corrected chi connectivity index (χ4v) is 2.80. The zero-order valence-corrected chi connectivity index (χ0v) is 15.3. The summed E-state index contributed by atoms with van der Waals surface area (Å²) in [5.41, 5.74) is 4.27. The summed E-state index contributed by atoms with van der Waals surface area (Å²) < 4.78 is 11.8. The van der Waals surface area contributed by atoms with Gasteiger partial charge >= 0.3 is 0 Å². The lowest BCUT2D eigenvalue weighted by molar-refractivity contribution is 0.0953. The molecule has 0 aromatic heterocycles. The maximum Gasteiger partial charge on any atom is 0.266 e. The average molecular weight is 383 g/mol. The van der Waals surface area contributed by atoms with Crippen LogP contribution in [0.15, 0.2) is 72.8 Å². The molecule has 27 heavy (non-hydrogen) atoms. The van der Waals surface area contributed by atoms with Crippen molar-refractivity contribution < 1.29 is 14.3 Å². The van der Waals surface area contributed by atoms with Crippen molar-refractivity contribution in [1.29, 1.82) is 0 Å². The molecule has 0 aliphatic rings. The summed E-state index contributed by atoms with van der Waals surface area (Å²) in [5.74, 6) is 5.49. The summed E-state index contributed by atoms with van der Waals surface area (Å²) >= 11 is 6.41. The van der Waals surface area contributed by atoms with Crippen LogP contribution in [0.4, 0.5) is 0 Å². The van der Waals surface area contributed by atoms with Gasteiger partial charge in [0.2, 0.25) is 0 Å². The Hall–Kier alpha value is -3.02. The third-order valence-corrected chi connectivity index (χ3v) is 4.28. The zero-order chi connectivity index (χ0) is 19.1. The molecule has 5 nitrogen and oxygen atoms in total. The molecule has 3 aromatic rings. The summed E-state index contributed by atoms with van der Waals surface area (Å²) in [5, 5.41) is 0.152. The smallest absolute Gasteiger partial charge is 0.266 e. The number of carbonyl (C=O) groups is 1. The maximum absolute atomic E-state index is 11.9. The predicted molar refractivity (Wildman–Crippen MR) is 105 cm³/mol. The Morgan fingerprint density at radius 1 is 0.852 bits per heavy atom. The maximum atomic E-state index is 11.9. The van der Waals surface area contributed by atoms with E-state index in [4.69, 9.17) is 26.9 Å². The second-order valence-corrected chi connectivity index (χ2v) is 6.15. The van der Waals surface area contributed by atoms with Crippen LogP contribution in [0, 0.1) is 0 Å². The van der Waals surface area contributed by atoms with Crippen LogP contribution in [0.25, 0.3) is 0 Å². The van der Waals surface area contributed by atoms with Crippen LogP contribution in [0.3, 0.4) is 0 Å². The number of carbonyl (C=O) groups excluding carboxylic acids is 1. The highest BCUT2D eigenvalue weighted by Gasteiger charge is 2.19. The fourth-order valence-electron chi connectivity index (χ4n) is 2.50. The Kier molecular flexibility index (Phi) is 6.30. The molecule has 0 heterocycles. The van der Waals surface area contributed by atoms with Gasteiger partial charge in [-0.05, 0) is 23.3 Å². The van der Waals surface area contributed by atoms with Gasteiger partial charge < -0.3 is 9.47 Å². The zero-order valence-electron chi connectivity index (χ0n) is 14.5. The van der Waals surface area contributed by atoms with Crippen molar-refractivity contribution in [1.82, 2.24) is 5.43 Å². The van der Waals surface area contributed by atoms with Crippen molar-refractivity contribution in [2.24, 2.45) is 5.84 Å². The molecular weight excluding hydrogens is 364 g/mol. The third-order valence-electron chi connectivity index (χ3n) is 3.90. The summed E-state index contributed by atoms with van der Waals surface area (Å²) in [4.78, 5) is 11.9. The number of nitrogens with two attached hydrogens (primary N) is 1. The molecule has 0 radical (unpaired) electrons. The summed E-state index contributed by atoms with van der Waals surface area (Å²) in [7, 11) is 0. The number of hydrogen-bond donors (Lipinski definition) is 2. The first-order chi connectivity index (χ1) is 13.2. The van der Waals surface area contributed by atoms with Crippen molar-refractivity contribution in [2.45, 2.75) is 13.2 Å². The van der Waals surface area contributed by atoms with Crippen LogP contribution >= 0.6 is 11.6 Å². The SMILES string of the molecule is NNC(=O)c1ccc(OCc2ccccc2)c(OCc2ccccc2)c1Cl. The van der Waals surface area contributed by atoms with Gasteiger partial charge in [-0.3, -0.25) is 10.2 Å². The number of halogens is 1. The van der Waals surface area contributed by atoms with Crippen molar-refractivity contribution in [3.63, 3.8) is 0 Å². The summed E-state index contributed by atoms with van der Waals surface area (Å²) in [6, 6.07) is 22.6.